The van der Waals surface area contributed by atoms with E-state index in [0.29, 0.717) is 0 Å². The maximum atomic E-state index is 12.1. The zero-order valence-electron chi connectivity index (χ0n) is 15.6. The molecule has 2 aliphatic rings. The molecular formula is C22H23NO3. The van der Waals surface area contributed by atoms with Crippen molar-refractivity contribution in [1.29, 1.82) is 0 Å². The topological polar surface area (TPSA) is 38.8 Å². The van der Waals surface area contributed by atoms with Crippen LogP contribution in [-0.4, -0.2) is 19.1 Å². The van der Waals surface area contributed by atoms with E-state index in [9.17, 15) is 4.79 Å². The van der Waals surface area contributed by atoms with Crippen LogP contribution < -0.4 is 9.64 Å². The maximum Gasteiger partial charge on any atom is 0.332 e. The normalized spacial score (nSPS) is 20.2. The van der Waals surface area contributed by atoms with Gasteiger partial charge in [-0.3, -0.25) is 0 Å². The number of carbonyl (C=O) groups is 1. The molecule has 2 heterocycles. The minimum absolute atomic E-state index is 0.310. The second-order valence-corrected chi connectivity index (χ2v) is 6.88. The van der Waals surface area contributed by atoms with Gasteiger partial charge in [-0.25, -0.2) is 4.79 Å². The van der Waals surface area contributed by atoms with Crippen molar-refractivity contribution < 1.29 is 14.3 Å². The molecule has 0 bridgehead atoms. The lowest BCUT2D eigenvalue weighted by Gasteiger charge is -2.38. The van der Waals surface area contributed by atoms with Crippen LogP contribution in [0.3, 0.4) is 0 Å². The number of esters is 1. The van der Waals surface area contributed by atoms with Gasteiger partial charge in [0, 0.05) is 42.0 Å². The Morgan fingerprint density at radius 2 is 1.62 bits per heavy atom. The highest BCUT2D eigenvalue weighted by atomic mass is 16.6. The minimum Gasteiger partial charge on any atom is -0.456 e. The molecule has 0 aromatic heterocycles. The third kappa shape index (κ3) is 2.25. The van der Waals surface area contributed by atoms with Crippen molar-refractivity contribution in [3.8, 4) is 11.5 Å². The fourth-order valence-corrected chi connectivity index (χ4v) is 4.01. The van der Waals surface area contributed by atoms with E-state index in [4.69, 9.17) is 9.47 Å². The average molecular weight is 349 g/mol. The summed E-state index contributed by atoms with van der Waals surface area (Å²) < 4.78 is 12.2. The molecule has 4 heteroatoms. The lowest BCUT2D eigenvalue weighted by molar-refractivity contribution is -0.144. The third-order valence-electron chi connectivity index (χ3n) is 5.35. The van der Waals surface area contributed by atoms with Crippen LogP contribution in [0.25, 0.3) is 0 Å². The summed E-state index contributed by atoms with van der Waals surface area (Å²) in [5.74, 6) is 1.18. The Morgan fingerprint density at radius 1 is 0.962 bits per heavy atom. The summed E-state index contributed by atoms with van der Waals surface area (Å²) in [4.78, 5) is 14.4. The molecule has 0 amide bonds. The summed E-state index contributed by atoms with van der Waals surface area (Å²) in [6.07, 6.45) is 1.58. The lowest BCUT2D eigenvalue weighted by atomic mass is 9.78. The monoisotopic (exact) mass is 349 g/mol. The van der Waals surface area contributed by atoms with Crippen molar-refractivity contribution in [2.45, 2.75) is 33.3 Å². The van der Waals surface area contributed by atoms with E-state index in [1.807, 2.05) is 38.1 Å². The van der Waals surface area contributed by atoms with Crippen molar-refractivity contribution in [2.24, 2.45) is 0 Å². The van der Waals surface area contributed by atoms with E-state index in [1.165, 1.54) is 0 Å². The van der Waals surface area contributed by atoms with E-state index in [1.54, 1.807) is 6.08 Å². The zero-order chi connectivity index (χ0) is 18.5. The molecular weight excluding hydrogens is 326 g/mol. The second-order valence-electron chi connectivity index (χ2n) is 6.88. The fraction of sp³-hybridized carbons (Fsp3) is 0.318. The smallest absolute Gasteiger partial charge is 0.332 e. The van der Waals surface area contributed by atoms with Crippen molar-refractivity contribution in [1.82, 2.24) is 0 Å². The van der Waals surface area contributed by atoms with Crippen molar-refractivity contribution in [2.75, 3.05) is 18.0 Å². The number of nitrogens with zero attached hydrogens (tertiary/aromatic N) is 1. The van der Waals surface area contributed by atoms with E-state index >= 15 is 0 Å². The molecule has 134 valence electrons. The number of hydrogen-bond acceptors (Lipinski definition) is 4. The van der Waals surface area contributed by atoms with E-state index < -0.39 is 5.60 Å². The predicted octanol–water partition coefficient (Wildman–Crippen LogP) is 4.69. The van der Waals surface area contributed by atoms with Crippen LogP contribution >= 0.6 is 0 Å². The fourth-order valence-electron chi connectivity index (χ4n) is 4.01. The van der Waals surface area contributed by atoms with Crippen LogP contribution in [0.5, 0.6) is 11.5 Å². The first kappa shape index (κ1) is 16.7. The number of rotatable bonds is 3. The van der Waals surface area contributed by atoms with Crippen molar-refractivity contribution in [3.05, 3.63) is 64.7 Å². The SMILES string of the molecule is CCN(CC)c1ccc2c(c1)Oc1cc(C)ccc1C21OC(=O)C=C1C. The van der Waals surface area contributed by atoms with E-state index in [2.05, 4.69) is 30.9 Å². The Balaban J connectivity index is 1.95. The van der Waals surface area contributed by atoms with Gasteiger partial charge in [-0.15, -0.1) is 0 Å². The molecule has 4 rings (SSSR count). The van der Waals surface area contributed by atoms with Gasteiger partial charge in [0.15, 0.2) is 5.60 Å². The van der Waals surface area contributed by atoms with Gasteiger partial charge >= 0.3 is 5.97 Å². The first-order valence-electron chi connectivity index (χ1n) is 9.09. The van der Waals surface area contributed by atoms with Crippen LogP contribution in [-0.2, 0) is 15.1 Å². The first-order valence-corrected chi connectivity index (χ1v) is 9.09. The number of ether oxygens (including phenoxy) is 2. The highest BCUT2D eigenvalue weighted by Crippen LogP contribution is 2.55. The molecule has 2 aromatic rings. The Bertz CT molecular complexity index is 927. The summed E-state index contributed by atoms with van der Waals surface area (Å²) in [6.45, 7) is 10.1. The number of aryl methyl sites for hydroxylation is 1. The van der Waals surface area contributed by atoms with Crippen LogP contribution in [0, 0.1) is 6.92 Å². The molecule has 2 aromatic carbocycles. The van der Waals surface area contributed by atoms with Gasteiger partial charge in [-0.1, -0.05) is 12.1 Å². The van der Waals surface area contributed by atoms with Gasteiger partial charge in [-0.2, -0.15) is 0 Å². The molecule has 0 saturated carbocycles. The number of carbonyl (C=O) groups excluding carboxylic acids is 1. The maximum absolute atomic E-state index is 12.1. The molecule has 0 fully saturated rings. The molecule has 4 nitrogen and oxygen atoms in total. The molecule has 1 atom stereocenters. The summed E-state index contributed by atoms with van der Waals surface area (Å²) in [5.41, 5.74) is 3.96. The van der Waals surface area contributed by atoms with Crippen LogP contribution in [0.15, 0.2) is 48.0 Å². The Kier molecular flexibility index (Phi) is 3.79. The molecule has 1 spiro atoms. The summed E-state index contributed by atoms with van der Waals surface area (Å²) >= 11 is 0. The van der Waals surface area contributed by atoms with Gasteiger partial charge in [0.2, 0.25) is 0 Å². The molecule has 26 heavy (non-hydrogen) atoms. The van der Waals surface area contributed by atoms with Crippen LogP contribution in [0.2, 0.25) is 0 Å². The van der Waals surface area contributed by atoms with Gasteiger partial charge in [0.25, 0.3) is 0 Å². The van der Waals surface area contributed by atoms with E-state index in [0.717, 1.165) is 52.5 Å². The van der Waals surface area contributed by atoms with Gasteiger partial charge in [0.05, 0.1) is 0 Å². The second kappa shape index (κ2) is 5.90. The standard InChI is InChI=1S/C22H23NO3/c1-5-23(6-2)16-8-10-18-20(13-16)25-19-11-14(3)7-9-17(19)22(18)15(4)12-21(24)26-22/h7-13H,5-6H2,1-4H3. The summed E-state index contributed by atoms with van der Waals surface area (Å²) in [6, 6.07) is 12.2. The number of benzene rings is 2. The van der Waals surface area contributed by atoms with Crippen molar-refractivity contribution in [3.63, 3.8) is 0 Å². The zero-order valence-corrected chi connectivity index (χ0v) is 15.6. The van der Waals surface area contributed by atoms with Gasteiger partial charge < -0.3 is 14.4 Å². The summed E-state index contributed by atoms with van der Waals surface area (Å²) in [5, 5.41) is 0. The Hall–Kier alpha value is -2.75. The Morgan fingerprint density at radius 3 is 2.23 bits per heavy atom. The average Bonchev–Trinajstić information content (AvgIpc) is 2.90. The summed E-state index contributed by atoms with van der Waals surface area (Å²) in [7, 11) is 0. The van der Waals surface area contributed by atoms with Gasteiger partial charge in [-0.05, 0) is 57.0 Å². The molecule has 2 aliphatic heterocycles. The van der Waals surface area contributed by atoms with Crippen LogP contribution in [0.4, 0.5) is 5.69 Å². The molecule has 0 radical (unpaired) electrons. The molecule has 0 N–H and O–H groups in total. The molecule has 1 unspecified atom stereocenters. The third-order valence-corrected chi connectivity index (χ3v) is 5.35. The first-order chi connectivity index (χ1) is 12.5. The van der Waals surface area contributed by atoms with E-state index in [-0.39, 0.29) is 5.97 Å². The van der Waals surface area contributed by atoms with Crippen molar-refractivity contribution >= 4 is 11.7 Å². The van der Waals surface area contributed by atoms with Crippen LogP contribution in [0.1, 0.15) is 37.5 Å². The highest BCUT2D eigenvalue weighted by molar-refractivity contribution is 5.89. The quantitative estimate of drug-likeness (QED) is 0.753. The van der Waals surface area contributed by atoms with Gasteiger partial charge in [0.1, 0.15) is 11.5 Å². The lowest BCUT2D eigenvalue weighted by Crippen LogP contribution is -2.34. The highest BCUT2D eigenvalue weighted by Gasteiger charge is 2.50. The Labute approximate surface area is 154 Å². The molecule has 0 saturated heterocycles. The molecule has 0 aliphatic carbocycles. The number of anilines is 1. The predicted molar refractivity (Wildman–Crippen MR) is 102 cm³/mol. The largest absolute Gasteiger partial charge is 0.456 e. The number of hydrogen-bond donors (Lipinski definition) is 0. The minimum atomic E-state index is -0.893. The number of fused-ring (bicyclic) bond motifs is 4.